The first-order valence-corrected chi connectivity index (χ1v) is 7.55. The summed E-state index contributed by atoms with van der Waals surface area (Å²) in [5.74, 6) is -0.358. The molecule has 0 spiro atoms. The maximum absolute atomic E-state index is 12.1. The third-order valence-corrected chi connectivity index (χ3v) is 3.60. The Hall–Kier alpha value is -2.37. The Bertz CT molecular complexity index is 634. The lowest BCUT2D eigenvalue weighted by Crippen LogP contribution is -2.45. The fraction of sp³-hybridized carbons (Fsp3) is 0.471. The van der Waals surface area contributed by atoms with E-state index in [-0.39, 0.29) is 17.4 Å². The van der Waals surface area contributed by atoms with Crippen LogP contribution in [0.2, 0.25) is 0 Å². The highest BCUT2D eigenvalue weighted by Crippen LogP contribution is 2.29. The van der Waals surface area contributed by atoms with Gasteiger partial charge in [0.15, 0.2) is 0 Å². The van der Waals surface area contributed by atoms with Crippen LogP contribution in [0.5, 0.6) is 0 Å². The van der Waals surface area contributed by atoms with E-state index < -0.39 is 17.7 Å². The van der Waals surface area contributed by atoms with Gasteiger partial charge in [0.05, 0.1) is 12.5 Å². The van der Waals surface area contributed by atoms with Gasteiger partial charge in [-0.2, -0.15) is 0 Å². The third-order valence-electron chi connectivity index (χ3n) is 3.60. The van der Waals surface area contributed by atoms with E-state index in [1.807, 2.05) is 31.2 Å². The topological polar surface area (TPSA) is 72.7 Å². The summed E-state index contributed by atoms with van der Waals surface area (Å²) in [6.07, 6.45) is 2.72. The molecule has 124 valence electrons. The number of amides is 1. The molecule has 1 aliphatic heterocycles. The Kier molecular flexibility index (Phi) is 4.73. The van der Waals surface area contributed by atoms with E-state index in [2.05, 4.69) is 0 Å². The van der Waals surface area contributed by atoms with Crippen molar-refractivity contribution in [2.45, 2.75) is 45.3 Å². The van der Waals surface area contributed by atoms with E-state index >= 15 is 0 Å². The molecule has 0 fully saturated rings. The molecule has 1 amide bonds. The smallest absolute Gasteiger partial charge is 0.414 e. The number of ether oxygens (including phenoxy) is 1. The molecule has 0 unspecified atom stereocenters. The van der Waals surface area contributed by atoms with Gasteiger partial charge in [-0.15, -0.1) is 0 Å². The minimum Gasteiger partial charge on any atom is -0.443 e. The Morgan fingerprint density at radius 2 is 2.09 bits per heavy atom. The van der Waals surface area contributed by atoms with Crippen LogP contribution in [-0.2, 0) is 4.74 Å². The zero-order chi connectivity index (χ0) is 17.2. The van der Waals surface area contributed by atoms with Crippen molar-refractivity contribution in [2.24, 2.45) is 0 Å². The van der Waals surface area contributed by atoms with Gasteiger partial charge in [0.2, 0.25) is 6.04 Å². The average molecular weight is 318 g/mol. The summed E-state index contributed by atoms with van der Waals surface area (Å²) in [7, 11) is 0. The molecule has 1 aromatic carbocycles. The molecule has 0 radical (unpaired) electrons. The number of aryl methyl sites for hydroxylation is 1. The van der Waals surface area contributed by atoms with Gasteiger partial charge >= 0.3 is 6.09 Å². The highest BCUT2D eigenvalue weighted by Gasteiger charge is 2.38. The molecule has 0 saturated heterocycles. The van der Waals surface area contributed by atoms with Crippen molar-refractivity contribution < 1.29 is 14.5 Å². The maximum atomic E-state index is 12.1. The lowest BCUT2D eigenvalue weighted by molar-refractivity contribution is -0.525. The standard InChI is InChI=1S/C17H22N2O4/c1-12-6-5-7-13(10-12)14-8-9-18(11-15(14)19(21)22)16(20)23-17(2,3)4/h5-10,14-15H,11H2,1-4H3/t14-,15+/m0/s1. The summed E-state index contributed by atoms with van der Waals surface area (Å²) in [5.41, 5.74) is 1.29. The van der Waals surface area contributed by atoms with Crippen LogP contribution in [0.1, 0.15) is 37.8 Å². The third kappa shape index (κ3) is 4.31. The summed E-state index contributed by atoms with van der Waals surface area (Å²) in [6, 6.07) is 6.75. The Morgan fingerprint density at radius 1 is 1.39 bits per heavy atom. The van der Waals surface area contributed by atoms with Crippen LogP contribution in [0.15, 0.2) is 36.5 Å². The molecule has 23 heavy (non-hydrogen) atoms. The molecule has 1 heterocycles. The van der Waals surface area contributed by atoms with Crippen molar-refractivity contribution in [3.8, 4) is 0 Å². The van der Waals surface area contributed by atoms with Crippen molar-refractivity contribution in [3.63, 3.8) is 0 Å². The van der Waals surface area contributed by atoms with Crippen LogP contribution < -0.4 is 0 Å². The van der Waals surface area contributed by atoms with E-state index in [4.69, 9.17) is 4.74 Å². The minimum absolute atomic E-state index is 0.00295. The van der Waals surface area contributed by atoms with Crippen LogP contribution in [0, 0.1) is 17.0 Å². The molecule has 0 saturated carbocycles. The summed E-state index contributed by atoms with van der Waals surface area (Å²) in [5, 5.41) is 11.5. The van der Waals surface area contributed by atoms with Gasteiger partial charge in [-0.25, -0.2) is 4.79 Å². The van der Waals surface area contributed by atoms with Crippen LogP contribution in [0.25, 0.3) is 0 Å². The van der Waals surface area contributed by atoms with Gasteiger partial charge in [0.25, 0.3) is 0 Å². The van der Waals surface area contributed by atoms with E-state index in [9.17, 15) is 14.9 Å². The van der Waals surface area contributed by atoms with Gasteiger partial charge in [-0.3, -0.25) is 15.0 Å². The second-order valence-electron chi connectivity index (χ2n) is 6.77. The number of benzene rings is 1. The molecule has 2 rings (SSSR count). The lowest BCUT2D eigenvalue weighted by atomic mass is 9.88. The van der Waals surface area contributed by atoms with E-state index in [0.29, 0.717) is 0 Å². The fourth-order valence-corrected chi connectivity index (χ4v) is 2.57. The fourth-order valence-electron chi connectivity index (χ4n) is 2.57. The highest BCUT2D eigenvalue weighted by molar-refractivity contribution is 5.69. The molecule has 0 N–H and O–H groups in total. The lowest BCUT2D eigenvalue weighted by Gasteiger charge is -2.31. The molecule has 0 bridgehead atoms. The Balaban J connectivity index is 2.25. The molecule has 1 aliphatic rings. The van der Waals surface area contributed by atoms with Crippen LogP contribution in [0.3, 0.4) is 0 Å². The molecule has 2 atom stereocenters. The van der Waals surface area contributed by atoms with Gasteiger partial charge < -0.3 is 4.74 Å². The van der Waals surface area contributed by atoms with E-state index in [1.165, 1.54) is 4.90 Å². The van der Waals surface area contributed by atoms with Crippen LogP contribution >= 0.6 is 0 Å². The molecule has 6 heteroatoms. The van der Waals surface area contributed by atoms with Crippen molar-refractivity contribution in [1.82, 2.24) is 4.90 Å². The first-order valence-electron chi connectivity index (χ1n) is 7.55. The highest BCUT2D eigenvalue weighted by atomic mass is 16.6. The van der Waals surface area contributed by atoms with Gasteiger partial charge in [0, 0.05) is 11.1 Å². The second kappa shape index (κ2) is 6.40. The number of carbonyl (C=O) groups excluding carboxylic acids is 1. The first kappa shape index (κ1) is 17.0. The number of hydrogen-bond acceptors (Lipinski definition) is 4. The van der Waals surface area contributed by atoms with Crippen molar-refractivity contribution in [2.75, 3.05) is 6.54 Å². The van der Waals surface area contributed by atoms with Crippen molar-refractivity contribution in [1.29, 1.82) is 0 Å². The summed E-state index contributed by atoms with van der Waals surface area (Å²) in [4.78, 5) is 24.5. The summed E-state index contributed by atoms with van der Waals surface area (Å²) < 4.78 is 5.28. The van der Waals surface area contributed by atoms with Crippen LogP contribution in [0.4, 0.5) is 4.79 Å². The van der Waals surface area contributed by atoms with Gasteiger partial charge in [0.1, 0.15) is 5.60 Å². The van der Waals surface area contributed by atoms with E-state index in [1.54, 1.807) is 33.0 Å². The predicted molar refractivity (Wildman–Crippen MR) is 86.8 cm³/mol. The largest absolute Gasteiger partial charge is 0.443 e. The normalized spacial score (nSPS) is 21.1. The molecular weight excluding hydrogens is 296 g/mol. The average Bonchev–Trinajstić information content (AvgIpc) is 2.44. The Labute approximate surface area is 135 Å². The number of rotatable bonds is 2. The molecule has 6 nitrogen and oxygen atoms in total. The van der Waals surface area contributed by atoms with Crippen molar-refractivity contribution in [3.05, 3.63) is 57.8 Å². The summed E-state index contributed by atoms with van der Waals surface area (Å²) >= 11 is 0. The minimum atomic E-state index is -0.894. The maximum Gasteiger partial charge on any atom is 0.414 e. The summed E-state index contributed by atoms with van der Waals surface area (Å²) in [6.45, 7) is 7.23. The number of carbonyl (C=O) groups is 1. The quantitative estimate of drug-likeness (QED) is 0.618. The molecular formula is C17H22N2O4. The molecule has 1 aromatic rings. The van der Waals surface area contributed by atoms with Gasteiger partial charge in [-0.1, -0.05) is 35.9 Å². The number of hydrogen-bond donors (Lipinski definition) is 0. The zero-order valence-corrected chi connectivity index (χ0v) is 13.9. The molecule has 0 aromatic heterocycles. The second-order valence-corrected chi connectivity index (χ2v) is 6.77. The van der Waals surface area contributed by atoms with Gasteiger partial charge in [-0.05, 0) is 33.3 Å². The monoisotopic (exact) mass is 318 g/mol. The van der Waals surface area contributed by atoms with E-state index in [0.717, 1.165) is 11.1 Å². The SMILES string of the molecule is Cc1cccc([C@@H]2C=CN(C(=O)OC(C)(C)C)C[C@H]2[N+](=O)[O-])c1. The molecule has 0 aliphatic carbocycles. The number of nitro groups is 1. The van der Waals surface area contributed by atoms with Crippen molar-refractivity contribution >= 4 is 6.09 Å². The Morgan fingerprint density at radius 3 is 2.65 bits per heavy atom. The number of nitrogens with zero attached hydrogens (tertiary/aromatic N) is 2. The van der Waals surface area contributed by atoms with Crippen LogP contribution in [-0.4, -0.2) is 34.1 Å². The predicted octanol–water partition coefficient (Wildman–Crippen LogP) is 3.49. The first-order chi connectivity index (χ1) is 10.7. The zero-order valence-electron chi connectivity index (χ0n) is 13.9.